The summed E-state index contributed by atoms with van der Waals surface area (Å²) >= 11 is 0. The van der Waals surface area contributed by atoms with Crippen molar-refractivity contribution in [3.63, 3.8) is 0 Å². The zero-order chi connectivity index (χ0) is 13.0. The fourth-order valence-electron chi connectivity index (χ4n) is 1.89. The van der Waals surface area contributed by atoms with Crippen molar-refractivity contribution in [2.45, 2.75) is 19.6 Å². The number of benzene rings is 2. The largest absolute Gasteiger partial charge is 0.508 e. The van der Waals surface area contributed by atoms with Crippen molar-refractivity contribution in [1.82, 2.24) is 0 Å². The van der Waals surface area contributed by atoms with Crippen molar-refractivity contribution in [1.29, 1.82) is 0 Å². The van der Waals surface area contributed by atoms with Gasteiger partial charge in [-0.3, -0.25) is 0 Å². The summed E-state index contributed by atoms with van der Waals surface area (Å²) in [5.41, 5.74) is 2.85. The fraction of sp³-hybridized carbons (Fsp3) is 0.200. The Morgan fingerprint density at radius 3 is 2.61 bits per heavy atom. The molecule has 0 heterocycles. The highest BCUT2D eigenvalue weighted by Gasteiger charge is 2.06. The van der Waals surface area contributed by atoms with E-state index in [2.05, 4.69) is 5.32 Å². The van der Waals surface area contributed by atoms with Crippen LogP contribution in [0.1, 0.15) is 24.1 Å². The molecule has 0 radical (unpaired) electrons. The number of hydrogen-bond acceptors (Lipinski definition) is 3. The molecule has 18 heavy (non-hydrogen) atoms. The Hall–Kier alpha value is -2.00. The molecule has 1 unspecified atom stereocenters. The van der Waals surface area contributed by atoms with Gasteiger partial charge in [-0.1, -0.05) is 24.3 Å². The number of anilines is 1. The predicted molar refractivity (Wildman–Crippen MR) is 72.5 cm³/mol. The topological polar surface area (TPSA) is 52.5 Å². The lowest BCUT2D eigenvalue weighted by molar-refractivity contribution is 0.282. The van der Waals surface area contributed by atoms with Crippen LogP contribution in [0.4, 0.5) is 5.69 Å². The number of nitrogens with one attached hydrogen (secondary N) is 1. The molecule has 0 bridgehead atoms. The molecule has 3 heteroatoms. The summed E-state index contributed by atoms with van der Waals surface area (Å²) in [4.78, 5) is 0. The smallest absolute Gasteiger partial charge is 0.115 e. The van der Waals surface area contributed by atoms with E-state index in [0.717, 1.165) is 16.8 Å². The van der Waals surface area contributed by atoms with Gasteiger partial charge in [-0.25, -0.2) is 0 Å². The van der Waals surface area contributed by atoms with Crippen LogP contribution in [-0.2, 0) is 6.61 Å². The van der Waals surface area contributed by atoms with Gasteiger partial charge in [-0.2, -0.15) is 0 Å². The summed E-state index contributed by atoms with van der Waals surface area (Å²) in [6, 6.07) is 14.9. The third-order valence-electron chi connectivity index (χ3n) is 2.86. The van der Waals surface area contributed by atoms with Gasteiger partial charge in [-0.15, -0.1) is 0 Å². The van der Waals surface area contributed by atoms with Crippen LogP contribution in [0.5, 0.6) is 5.75 Å². The fourth-order valence-corrected chi connectivity index (χ4v) is 1.89. The molecule has 0 amide bonds. The first-order chi connectivity index (χ1) is 8.69. The van der Waals surface area contributed by atoms with Gasteiger partial charge in [-0.05, 0) is 42.3 Å². The molecular weight excluding hydrogens is 226 g/mol. The van der Waals surface area contributed by atoms with Crippen LogP contribution < -0.4 is 5.32 Å². The zero-order valence-electron chi connectivity index (χ0n) is 10.3. The third kappa shape index (κ3) is 3.02. The van der Waals surface area contributed by atoms with Gasteiger partial charge >= 0.3 is 0 Å². The molecule has 0 saturated heterocycles. The maximum atomic E-state index is 9.45. The summed E-state index contributed by atoms with van der Waals surface area (Å²) < 4.78 is 0. The highest BCUT2D eigenvalue weighted by Crippen LogP contribution is 2.22. The van der Waals surface area contributed by atoms with Crippen LogP contribution in [0, 0.1) is 0 Å². The summed E-state index contributed by atoms with van der Waals surface area (Å²) in [7, 11) is 0. The van der Waals surface area contributed by atoms with Gasteiger partial charge in [0.05, 0.1) is 6.61 Å². The first kappa shape index (κ1) is 12.5. The maximum Gasteiger partial charge on any atom is 0.115 e. The molecule has 0 saturated carbocycles. The number of phenolic OH excluding ortho intramolecular Hbond substituents is 1. The average molecular weight is 243 g/mol. The molecule has 2 rings (SSSR count). The Labute approximate surface area is 107 Å². The molecule has 0 aliphatic carbocycles. The van der Waals surface area contributed by atoms with Crippen LogP contribution in [0.2, 0.25) is 0 Å². The Bertz CT molecular complexity index is 525. The van der Waals surface area contributed by atoms with Gasteiger partial charge in [0.25, 0.3) is 0 Å². The molecule has 2 aromatic carbocycles. The molecule has 0 aliphatic rings. The second-order valence-corrected chi connectivity index (χ2v) is 4.32. The van der Waals surface area contributed by atoms with Crippen LogP contribution >= 0.6 is 0 Å². The molecule has 3 nitrogen and oxygen atoms in total. The molecule has 0 aliphatic heterocycles. The van der Waals surface area contributed by atoms with Gasteiger partial charge in [0.15, 0.2) is 0 Å². The summed E-state index contributed by atoms with van der Waals surface area (Å²) in [5.74, 6) is 0.269. The number of aromatic hydroxyl groups is 1. The molecule has 94 valence electrons. The van der Waals surface area contributed by atoms with Gasteiger partial charge in [0.2, 0.25) is 0 Å². The van der Waals surface area contributed by atoms with Crippen molar-refractivity contribution in [3.05, 3.63) is 59.7 Å². The number of aliphatic hydroxyl groups excluding tert-OH is 1. The normalized spacial score (nSPS) is 12.1. The number of phenols is 1. The van der Waals surface area contributed by atoms with Crippen molar-refractivity contribution in [2.24, 2.45) is 0 Å². The highest BCUT2D eigenvalue weighted by molar-refractivity contribution is 5.48. The van der Waals surface area contributed by atoms with Crippen molar-refractivity contribution in [3.8, 4) is 5.75 Å². The monoisotopic (exact) mass is 243 g/mol. The quantitative estimate of drug-likeness (QED) is 0.773. The molecule has 0 spiro atoms. The minimum absolute atomic E-state index is 0.0377. The molecule has 2 aromatic rings. The molecular formula is C15H17NO2. The highest BCUT2D eigenvalue weighted by atomic mass is 16.3. The SMILES string of the molecule is CC(Nc1cccc(CO)c1)c1cccc(O)c1. The van der Waals surface area contributed by atoms with E-state index in [4.69, 9.17) is 5.11 Å². The Morgan fingerprint density at radius 1 is 1.11 bits per heavy atom. The lowest BCUT2D eigenvalue weighted by Crippen LogP contribution is -2.06. The Morgan fingerprint density at radius 2 is 1.89 bits per heavy atom. The van der Waals surface area contributed by atoms with E-state index in [1.165, 1.54) is 0 Å². The summed E-state index contributed by atoms with van der Waals surface area (Å²) in [6.45, 7) is 2.07. The Kier molecular flexibility index (Phi) is 3.85. The number of aliphatic hydroxyl groups is 1. The summed E-state index contributed by atoms with van der Waals surface area (Å²) in [5, 5.41) is 21.9. The first-order valence-corrected chi connectivity index (χ1v) is 5.94. The van der Waals surface area contributed by atoms with E-state index in [-0.39, 0.29) is 18.4 Å². The van der Waals surface area contributed by atoms with Crippen LogP contribution in [0.3, 0.4) is 0 Å². The maximum absolute atomic E-state index is 9.45. The minimum Gasteiger partial charge on any atom is -0.508 e. The van der Waals surface area contributed by atoms with E-state index in [1.54, 1.807) is 12.1 Å². The number of rotatable bonds is 4. The second kappa shape index (κ2) is 5.56. The Balaban J connectivity index is 2.13. The lowest BCUT2D eigenvalue weighted by atomic mass is 10.1. The van der Waals surface area contributed by atoms with E-state index in [0.29, 0.717) is 0 Å². The van der Waals surface area contributed by atoms with Crippen LogP contribution in [0.15, 0.2) is 48.5 Å². The van der Waals surface area contributed by atoms with Crippen LogP contribution in [-0.4, -0.2) is 10.2 Å². The molecule has 3 N–H and O–H groups in total. The lowest BCUT2D eigenvalue weighted by Gasteiger charge is -2.16. The third-order valence-corrected chi connectivity index (χ3v) is 2.86. The van der Waals surface area contributed by atoms with Crippen molar-refractivity contribution < 1.29 is 10.2 Å². The first-order valence-electron chi connectivity index (χ1n) is 5.94. The zero-order valence-corrected chi connectivity index (χ0v) is 10.3. The average Bonchev–Trinajstić information content (AvgIpc) is 2.39. The van der Waals surface area contributed by atoms with E-state index < -0.39 is 0 Å². The van der Waals surface area contributed by atoms with E-state index in [1.807, 2.05) is 43.3 Å². The number of hydrogen-bond donors (Lipinski definition) is 3. The minimum atomic E-state index is 0.0377. The summed E-state index contributed by atoms with van der Waals surface area (Å²) in [6.07, 6.45) is 0. The van der Waals surface area contributed by atoms with E-state index >= 15 is 0 Å². The second-order valence-electron chi connectivity index (χ2n) is 4.32. The predicted octanol–water partition coefficient (Wildman–Crippen LogP) is 3.06. The molecule has 0 aromatic heterocycles. The van der Waals surface area contributed by atoms with Gasteiger partial charge in [0.1, 0.15) is 5.75 Å². The van der Waals surface area contributed by atoms with Crippen molar-refractivity contribution in [2.75, 3.05) is 5.32 Å². The van der Waals surface area contributed by atoms with Crippen molar-refractivity contribution >= 4 is 5.69 Å². The standard InChI is InChI=1S/C15H17NO2/c1-11(13-5-3-7-15(18)9-13)16-14-6-2-4-12(8-14)10-17/h2-9,11,16-18H,10H2,1H3. The van der Waals surface area contributed by atoms with Crippen LogP contribution in [0.25, 0.3) is 0 Å². The molecule has 0 fully saturated rings. The molecule has 1 atom stereocenters. The van der Waals surface area contributed by atoms with Gasteiger partial charge < -0.3 is 15.5 Å². The van der Waals surface area contributed by atoms with E-state index in [9.17, 15) is 5.11 Å². The van der Waals surface area contributed by atoms with Gasteiger partial charge in [0, 0.05) is 11.7 Å².